The number of hydrogen-bond acceptors (Lipinski definition) is 4. The lowest BCUT2D eigenvalue weighted by Gasteiger charge is -2.19. The second-order valence-corrected chi connectivity index (χ2v) is 5.39. The fourth-order valence-electron chi connectivity index (χ4n) is 2.77. The van der Waals surface area contributed by atoms with Crippen molar-refractivity contribution < 1.29 is 0 Å². The third-order valence-electron chi connectivity index (χ3n) is 3.82. The summed E-state index contributed by atoms with van der Waals surface area (Å²) in [6, 6.07) is 7.93. The van der Waals surface area contributed by atoms with E-state index in [-0.39, 0.29) is 0 Å². The number of benzene rings is 1. The first kappa shape index (κ1) is 12.4. The lowest BCUT2D eigenvalue weighted by atomic mass is 10.1. The van der Waals surface area contributed by atoms with Crippen LogP contribution < -0.4 is 5.73 Å². The first-order valence-corrected chi connectivity index (χ1v) is 6.98. The molecule has 1 aliphatic rings. The fraction of sp³-hybridized carbons (Fsp3) is 0.467. The van der Waals surface area contributed by atoms with Gasteiger partial charge in [0.25, 0.3) is 0 Å². The van der Waals surface area contributed by atoms with Crippen molar-refractivity contribution in [3.63, 3.8) is 0 Å². The van der Waals surface area contributed by atoms with Crippen LogP contribution >= 0.6 is 0 Å². The predicted molar refractivity (Wildman–Crippen MR) is 78.0 cm³/mol. The molecule has 1 saturated heterocycles. The number of fused-ring (bicyclic) bond motifs is 1. The molecule has 1 aromatic carbocycles. The summed E-state index contributed by atoms with van der Waals surface area (Å²) in [5.41, 5.74) is 6.98. The van der Waals surface area contributed by atoms with E-state index >= 15 is 0 Å². The number of likely N-dealkylation sites (tertiary alicyclic amines) is 1. The lowest BCUT2D eigenvalue weighted by Crippen LogP contribution is -2.25. The van der Waals surface area contributed by atoms with Gasteiger partial charge in [0.15, 0.2) is 0 Å². The standard InChI is InChI=1S/C15H20N4/c1-11(10-19-8-4-5-9-19)15-17-13-7-3-2-6-12(13)14(16)18-15/h2-3,6-7,11H,4-5,8-10H2,1H3,(H2,16,17,18)/t11-/m0/s1. The third kappa shape index (κ3) is 2.54. The van der Waals surface area contributed by atoms with Crippen LogP contribution in [-0.2, 0) is 0 Å². The van der Waals surface area contributed by atoms with Gasteiger partial charge >= 0.3 is 0 Å². The number of nitrogens with zero attached hydrogens (tertiary/aromatic N) is 3. The number of nitrogens with two attached hydrogens (primary N) is 1. The van der Waals surface area contributed by atoms with Crippen LogP contribution in [0.3, 0.4) is 0 Å². The minimum atomic E-state index is 0.324. The SMILES string of the molecule is C[C@@H](CN1CCCC1)c1nc(N)c2ccccc2n1. The second-order valence-electron chi connectivity index (χ2n) is 5.39. The van der Waals surface area contributed by atoms with Crippen molar-refractivity contribution in [2.45, 2.75) is 25.7 Å². The van der Waals surface area contributed by atoms with E-state index in [1.807, 2.05) is 24.3 Å². The van der Waals surface area contributed by atoms with E-state index in [1.54, 1.807) is 0 Å². The molecule has 2 heterocycles. The smallest absolute Gasteiger partial charge is 0.135 e. The zero-order chi connectivity index (χ0) is 13.2. The van der Waals surface area contributed by atoms with Crippen LogP contribution in [-0.4, -0.2) is 34.5 Å². The Morgan fingerprint density at radius 3 is 2.74 bits per heavy atom. The summed E-state index contributed by atoms with van der Waals surface area (Å²) in [6.07, 6.45) is 2.63. The molecule has 19 heavy (non-hydrogen) atoms. The topological polar surface area (TPSA) is 55.0 Å². The first-order valence-electron chi connectivity index (χ1n) is 6.98. The van der Waals surface area contributed by atoms with E-state index in [0.717, 1.165) is 23.3 Å². The minimum absolute atomic E-state index is 0.324. The summed E-state index contributed by atoms with van der Waals surface area (Å²) in [4.78, 5) is 11.6. The molecule has 0 bridgehead atoms. The van der Waals surface area contributed by atoms with E-state index in [9.17, 15) is 0 Å². The van der Waals surface area contributed by atoms with Gasteiger partial charge in [0.05, 0.1) is 5.52 Å². The van der Waals surface area contributed by atoms with Crippen molar-refractivity contribution >= 4 is 16.7 Å². The number of hydrogen-bond donors (Lipinski definition) is 1. The Morgan fingerprint density at radius 1 is 1.21 bits per heavy atom. The maximum absolute atomic E-state index is 6.04. The van der Waals surface area contributed by atoms with Gasteiger partial charge in [-0.15, -0.1) is 0 Å². The summed E-state index contributed by atoms with van der Waals surface area (Å²) in [5, 5.41) is 0.944. The predicted octanol–water partition coefficient (Wildman–Crippen LogP) is 2.41. The highest BCUT2D eigenvalue weighted by atomic mass is 15.1. The molecule has 4 nitrogen and oxygen atoms in total. The zero-order valence-electron chi connectivity index (χ0n) is 11.3. The second kappa shape index (κ2) is 5.13. The third-order valence-corrected chi connectivity index (χ3v) is 3.82. The summed E-state index contributed by atoms with van der Waals surface area (Å²) in [5.74, 6) is 1.78. The van der Waals surface area contributed by atoms with Crippen molar-refractivity contribution in [1.82, 2.24) is 14.9 Å². The molecule has 1 atom stereocenters. The van der Waals surface area contributed by atoms with Crippen molar-refractivity contribution in [2.24, 2.45) is 0 Å². The fourth-order valence-corrected chi connectivity index (χ4v) is 2.77. The van der Waals surface area contributed by atoms with Crippen LogP contribution in [0.1, 0.15) is 31.5 Å². The molecular formula is C15H20N4. The molecule has 100 valence electrons. The number of anilines is 1. The van der Waals surface area contributed by atoms with Crippen molar-refractivity contribution in [2.75, 3.05) is 25.4 Å². The molecule has 1 fully saturated rings. The highest BCUT2D eigenvalue weighted by Gasteiger charge is 2.18. The average molecular weight is 256 g/mol. The Hall–Kier alpha value is -1.68. The summed E-state index contributed by atoms with van der Waals surface area (Å²) in [6.45, 7) is 5.61. The molecule has 1 aliphatic heterocycles. The summed E-state index contributed by atoms with van der Waals surface area (Å²) >= 11 is 0. The first-order chi connectivity index (χ1) is 9.24. The number of nitrogen functional groups attached to an aromatic ring is 1. The largest absolute Gasteiger partial charge is 0.383 e. The van der Waals surface area contributed by atoms with Gasteiger partial charge in [0.1, 0.15) is 11.6 Å². The molecule has 1 aromatic heterocycles. The van der Waals surface area contributed by atoms with Crippen molar-refractivity contribution in [3.8, 4) is 0 Å². The Morgan fingerprint density at radius 2 is 1.95 bits per heavy atom. The highest BCUT2D eigenvalue weighted by molar-refractivity contribution is 5.87. The normalized spacial score (nSPS) is 17.9. The van der Waals surface area contributed by atoms with Crippen LogP contribution in [0, 0.1) is 0 Å². The lowest BCUT2D eigenvalue weighted by molar-refractivity contribution is 0.317. The van der Waals surface area contributed by atoms with Crippen LogP contribution in [0.4, 0.5) is 5.82 Å². The molecular weight excluding hydrogens is 236 g/mol. The zero-order valence-corrected chi connectivity index (χ0v) is 11.3. The molecule has 0 radical (unpaired) electrons. The average Bonchev–Trinajstić information content (AvgIpc) is 2.91. The molecule has 0 saturated carbocycles. The van der Waals surface area contributed by atoms with Gasteiger partial charge in [0.2, 0.25) is 0 Å². The van der Waals surface area contributed by atoms with Gasteiger partial charge in [-0.3, -0.25) is 0 Å². The van der Waals surface area contributed by atoms with E-state index in [0.29, 0.717) is 11.7 Å². The van der Waals surface area contributed by atoms with E-state index in [4.69, 9.17) is 5.73 Å². The number of rotatable bonds is 3. The molecule has 2 N–H and O–H groups in total. The van der Waals surface area contributed by atoms with Crippen molar-refractivity contribution in [3.05, 3.63) is 30.1 Å². The number of para-hydroxylation sites is 1. The van der Waals surface area contributed by atoms with Gasteiger partial charge < -0.3 is 10.6 Å². The molecule has 0 spiro atoms. The van der Waals surface area contributed by atoms with Crippen LogP contribution in [0.25, 0.3) is 10.9 Å². The molecule has 0 aliphatic carbocycles. The van der Waals surface area contributed by atoms with Crippen molar-refractivity contribution in [1.29, 1.82) is 0 Å². The van der Waals surface area contributed by atoms with Gasteiger partial charge in [-0.1, -0.05) is 19.1 Å². The Bertz CT molecular complexity index is 575. The Labute approximate surface area is 113 Å². The van der Waals surface area contributed by atoms with Gasteiger partial charge in [0, 0.05) is 17.8 Å². The van der Waals surface area contributed by atoms with Gasteiger partial charge in [-0.05, 0) is 38.1 Å². The Kier molecular flexibility index (Phi) is 3.34. The van der Waals surface area contributed by atoms with Crippen LogP contribution in [0.15, 0.2) is 24.3 Å². The van der Waals surface area contributed by atoms with E-state index < -0.39 is 0 Å². The molecule has 0 amide bonds. The summed E-state index contributed by atoms with van der Waals surface area (Å²) < 4.78 is 0. The quantitative estimate of drug-likeness (QED) is 0.916. The maximum Gasteiger partial charge on any atom is 0.135 e. The van der Waals surface area contributed by atoms with Gasteiger partial charge in [-0.2, -0.15) is 0 Å². The summed E-state index contributed by atoms with van der Waals surface area (Å²) in [7, 11) is 0. The van der Waals surface area contributed by atoms with Gasteiger partial charge in [-0.25, -0.2) is 9.97 Å². The molecule has 2 aromatic rings. The van der Waals surface area contributed by atoms with E-state index in [1.165, 1.54) is 25.9 Å². The molecule has 4 heteroatoms. The number of aromatic nitrogens is 2. The van der Waals surface area contributed by atoms with Crippen LogP contribution in [0.2, 0.25) is 0 Å². The van der Waals surface area contributed by atoms with E-state index in [2.05, 4.69) is 21.8 Å². The Balaban J connectivity index is 1.87. The molecule has 3 rings (SSSR count). The minimum Gasteiger partial charge on any atom is -0.383 e. The highest BCUT2D eigenvalue weighted by Crippen LogP contribution is 2.22. The van der Waals surface area contributed by atoms with Crippen LogP contribution in [0.5, 0.6) is 0 Å². The maximum atomic E-state index is 6.04. The molecule has 0 unspecified atom stereocenters. The monoisotopic (exact) mass is 256 g/mol.